The molecular formula is C15H20ClF2NO2. The Balaban J connectivity index is 1.94. The van der Waals surface area contributed by atoms with Crippen molar-refractivity contribution in [3.8, 4) is 5.75 Å². The van der Waals surface area contributed by atoms with Crippen molar-refractivity contribution in [2.75, 3.05) is 19.8 Å². The average Bonchev–Trinajstić information content (AvgIpc) is 2.42. The minimum absolute atomic E-state index is 0.166. The highest BCUT2D eigenvalue weighted by Crippen LogP contribution is 2.29. The Labute approximate surface area is 128 Å². The molecule has 0 aromatic heterocycles. The molecule has 118 valence electrons. The second-order valence-electron chi connectivity index (χ2n) is 5.66. The fraction of sp³-hybridized carbons (Fsp3) is 0.600. The molecule has 0 bridgehead atoms. The smallest absolute Gasteiger partial charge is 0.387 e. The topological polar surface area (TPSA) is 30.5 Å². The standard InChI is InChI=1S/C15H20ClF2NO2/c1-15(4-6-20-7-5-15)10-19-9-11-8-12(16)2-3-13(11)21-14(17)18/h2-3,8,14,19H,4-7,9-10H2,1H3. The van der Waals surface area contributed by atoms with Crippen LogP contribution in [0.25, 0.3) is 0 Å². The third-order valence-corrected chi connectivity index (χ3v) is 4.04. The Hall–Kier alpha value is -0.910. The summed E-state index contributed by atoms with van der Waals surface area (Å²) < 4.78 is 34.6. The molecule has 6 heteroatoms. The highest BCUT2D eigenvalue weighted by Gasteiger charge is 2.26. The van der Waals surface area contributed by atoms with Crippen LogP contribution in [-0.2, 0) is 11.3 Å². The molecule has 1 fully saturated rings. The van der Waals surface area contributed by atoms with Gasteiger partial charge in [0.05, 0.1) is 0 Å². The summed E-state index contributed by atoms with van der Waals surface area (Å²) in [7, 11) is 0. The third-order valence-electron chi connectivity index (χ3n) is 3.81. The number of ether oxygens (including phenoxy) is 2. The molecule has 1 aliphatic rings. The van der Waals surface area contributed by atoms with E-state index in [0.29, 0.717) is 17.1 Å². The number of hydrogen-bond donors (Lipinski definition) is 1. The molecule has 0 spiro atoms. The van der Waals surface area contributed by atoms with E-state index in [1.165, 1.54) is 6.07 Å². The molecule has 3 nitrogen and oxygen atoms in total. The predicted molar refractivity (Wildman–Crippen MR) is 78.0 cm³/mol. The Morgan fingerprint density at radius 2 is 2.10 bits per heavy atom. The van der Waals surface area contributed by atoms with Crippen LogP contribution < -0.4 is 10.1 Å². The Bertz CT molecular complexity index is 465. The monoisotopic (exact) mass is 319 g/mol. The van der Waals surface area contributed by atoms with Gasteiger partial charge in [-0.2, -0.15) is 8.78 Å². The lowest BCUT2D eigenvalue weighted by molar-refractivity contribution is -0.0505. The zero-order valence-electron chi connectivity index (χ0n) is 12.0. The van der Waals surface area contributed by atoms with Crippen molar-refractivity contribution in [3.63, 3.8) is 0 Å². The molecule has 1 heterocycles. The Morgan fingerprint density at radius 3 is 2.76 bits per heavy atom. The van der Waals surface area contributed by atoms with Gasteiger partial charge in [0.1, 0.15) is 5.75 Å². The summed E-state index contributed by atoms with van der Waals surface area (Å²) in [5.74, 6) is 0.166. The van der Waals surface area contributed by atoms with Gasteiger partial charge in [-0.25, -0.2) is 0 Å². The second-order valence-corrected chi connectivity index (χ2v) is 6.09. The fourth-order valence-corrected chi connectivity index (χ4v) is 2.63. The summed E-state index contributed by atoms with van der Waals surface area (Å²) >= 11 is 5.92. The first kappa shape index (κ1) is 16.5. The van der Waals surface area contributed by atoms with Gasteiger partial charge in [-0.15, -0.1) is 0 Å². The third kappa shape index (κ3) is 5.09. The van der Waals surface area contributed by atoms with Crippen molar-refractivity contribution in [2.24, 2.45) is 5.41 Å². The maximum absolute atomic E-state index is 12.4. The first-order chi connectivity index (χ1) is 9.98. The minimum Gasteiger partial charge on any atom is -0.434 e. The summed E-state index contributed by atoms with van der Waals surface area (Å²) in [5.41, 5.74) is 0.819. The lowest BCUT2D eigenvalue weighted by atomic mass is 9.82. The van der Waals surface area contributed by atoms with E-state index in [1.807, 2.05) is 0 Å². The molecule has 0 aliphatic carbocycles. The van der Waals surface area contributed by atoms with Crippen molar-refractivity contribution < 1.29 is 18.3 Å². The minimum atomic E-state index is -2.84. The van der Waals surface area contributed by atoms with Gasteiger partial charge >= 0.3 is 6.61 Å². The number of halogens is 3. The maximum atomic E-state index is 12.4. The van der Waals surface area contributed by atoms with Crippen LogP contribution in [0.4, 0.5) is 8.78 Å². The molecule has 0 radical (unpaired) electrons. The Morgan fingerprint density at radius 1 is 1.38 bits per heavy atom. The molecule has 21 heavy (non-hydrogen) atoms. The van der Waals surface area contributed by atoms with Crippen LogP contribution in [0.15, 0.2) is 18.2 Å². The molecule has 0 amide bonds. The van der Waals surface area contributed by atoms with Crippen LogP contribution >= 0.6 is 11.6 Å². The van der Waals surface area contributed by atoms with Gasteiger partial charge in [0.2, 0.25) is 0 Å². The summed E-state index contributed by atoms with van der Waals surface area (Å²) in [5, 5.41) is 3.82. The van der Waals surface area contributed by atoms with Crippen molar-refractivity contribution in [1.29, 1.82) is 0 Å². The molecule has 1 aromatic rings. The van der Waals surface area contributed by atoms with E-state index in [9.17, 15) is 8.78 Å². The second kappa shape index (κ2) is 7.38. The lowest BCUT2D eigenvalue weighted by Crippen LogP contribution is -2.36. The van der Waals surface area contributed by atoms with Crippen LogP contribution in [0.3, 0.4) is 0 Å². The zero-order chi connectivity index (χ0) is 15.3. The summed E-state index contributed by atoms with van der Waals surface area (Å²) in [6.07, 6.45) is 1.99. The number of hydrogen-bond acceptors (Lipinski definition) is 3. The van der Waals surface area contributed by atoms with Gasteiger partial charge in [0, 0.05) is 36.9 Å². The van der Waals surface area contributed by atoms with Crippen molar-refractivity contribution in [1.82, 2.24) is 5.32 Å². The van der Waals surface area contributed by atoms with Crippen LogP contribution in [0.1, 0.15) is 25.3 Å². The number of alkyl halides is 2. The molecule has 1 N–H and O–H groups in total. The highest BCUT2D eigenvalue weighted by molar-refractivity contribution is 6.30. The molecular weight excluding hydrogens is 300 g/mol. The van der Waals surface area contributed by atoms with E-state index >= 15 is 0 Å². The van der Waals surface area contributed by atoms with Crippen molar-refractivity contribution in [3.05, 3.63) is 28.8 Å². The van der Waals surface area contributed by atoms with Gasteiger partial charge in [-0.3, -0.25) is 0 Å². The van der Waals surface area contributed by atoms with Crippen molar-refractivity contribution in [2.45, 2.75) is 32.9 Å². The molecule has 2 rings (SSSR count). The average molecular weight is 320 g/mol. The maximum Gasteiger partial charge on any atom is 0.387 e. The normalized spacial score (nSPS) is 18.0. The van der Waals surface area contributed by atoms with Gasteiger partial charge in [-0.05, 0) is 36.5 Å². The van der Waals surface area contributed by atoms with E-state index < -0.39 is 6.61 Å². The predicted octanol–water partition coefficient (Wildman–Crippen LogP) is 3.85. The highest BCUT2D eigenvalue weighted by atomic mass is 35.5. The van der Waals surface area contributed by atoms with Crippen molar-refractivity contribution >= 4 is 11.6 Å². The van der Waals surface area contributed by atoms with Crippen LogP contribution in [-0.4, -0.2) is 26.4 Å². The largest absolute Gasteiger partial charge is 0.434 e. The summed E-state index contributed by atoms with van der Waals surface area (Å²) in [4.78, 5) is 0. The Kier molecular flexibility index (Phi) is 5.79. The van der Waals surface area contributed by atoms with Gasteiger partial charge in [-0.1, -0.05) is 18.5 Å². The zero-order valence-corrected chi connectivity index (χ0v) is 12.8. The molecule has 0 unspecified atom stereocenters. The molecule has 0 atom stereocenters. The fourth-order valence-electron chi connectivity index (χ4n) is 2.44. The molecule has 0 saturated carbocycles. The van der Waals surface area contributed by atoms with E-state index in [1.54, 1.807) is 12.1 Å². The van der Waals surface area contributed by atoms with E-state index in [-0.39, 0.29) is 11.2 Å². The van der Waals surface area contributed by atoms with Gasteiger partial charge < -0.3 is 14.8 Å². The molecule has 1 aliphatic heterocycles. The first-order valence-electron chi connectivity index (χ1n) is 7.00. The summed E-state index contributed by atoms with van der Waals surface area (Å²) in [6, 6.07) is 4.67. The van der Waals surface area contributed by atoms with Crippen LogP contribution in [0, 0.1) is 5.41 Å². The SMILES string of the molecule is CC1(CNCc2cc(Cl)ccc2OC(F)F)CCOCC1. The van der Waals surface area contributed by atoms with E-state index in [2.05, 4.69) is 17.0 Å². The van der Waals surface area contributed by atoms with Crippen LogP contribution in [0.5, 0.6) is 5.75 Å². The van der Waals surface area contributed by atoms with E-state index in [0.717, 1.165) is 32.6 Å². The summed E-state index contributed by atoms with van der Waals surface area (Å²) in [6.45, 7) is 2.16. The van der Waals surface area contributed by atoms with Crippen LogP contribution in [0.2, 0.25) is 5.02 Å². The quantitative estimate of drug-likeness (QED) is 0.864. The number of benzene rings is 1. The van der Waals surface area contributed by atoms with E-state index in [4.69, 9.17) is 16.3 Å². The number of nitrogens with one attached hydrogen (secondary N) is 1. The first-order valence-corrected chi connectivity index (χ1v) is 7.38. The van der Waals surface area contributed by atoms with Gasteiger partial charge in [0.15, 0.2) is 0 Å². The molecule has 1 saturated heterocycles. The molecule has 1 aromatic carbocycles. The lowest BCUT2D eigenvalue weighted by Gasteiger charge is -2.33. The van der Waals surface area contributed by atoms with Gasteiger partial charge in [0.25, 0.3) is 0 Å². The number of rotatable bonds is 6.